The molecular formula is C14H21NO2S. The van der Waals surface area contributed by atoms with Crippen LogP contribution in [0.25, 0.3) is 0 Å². The largest absolute Gasteiger partial charge is 0.466 e. The summed E-state index contributed by atoms with van der Waals surface area (Å²) in [6.07, 6.45) is 3.17. The van der Waals surface area contributed by atoms with Gasteiger partial charge in [0.15, 0.2) is 0 Å². The molecule has 2 heterocycles. The molecule has 100 valence electrons. The van der Waals surface area contributed by atoms with Crippen molar-refractivity contribution in [3.63, 3.8) is 0 Å². The van der Waals surface area contributed by atoms with Crippen molar-refractivity contribution in [2.45, 2.75) is 26.2 Å². The average Bonchev–Trinajstić information content (AvgIpc) is 2.90. The Balaban J connectivity index is 1.77. The molecule has 0 saturated carbocycles. The van der Waals surface area contributed by atoms with Crippen LogP contribution < -0.4 is 0 Å². The van der Waals surface area contributed by atoms with Crippen LogP contribution in [0.2, 0.25) is 0 Å². The number of hydrogen-bond donors (Lipinski definition) is 0. The Hall–Kier alpha value is -0.870. The minimum Gasteiger partial charge on any atom is -0.466 e. The summed E-state index contributed by atoms with van der Waals surface area (Å²) in [5, 5.41) is 4.32. The third-order valence-electron chi connectivity index (χ3n) is 3.42. The third-order valence-corrected chi connectivity index (χ3v) is 4.15. The van der Waals surface area contributed by atoms with Crippen molar-refractivity contribution in [3.05, 3.63) is 22.4 Å². The smallest absolute Gasteiger partial charge is 0.310 e. The molecule has 1 aliphatic heterocycles. The number of hydrogen-bond acceptors (Lipinski definition) is 4. The van der Waals surface area contributed by atoms with Gasteiger partial charge in [-0.15, -0.1) is 0 Å². The molecule has 0 aliphatic carbocycles. The van der Waals surface area contributed by atoms with Crippen molar-refractivity contribution < 1.29 is 9.53 Å². The van der Waals surface area contributed by atoms with Gasteiger partial charge in [0.1, 0.15) is 0 Å². The van der Waals surface area contributed by atoms with E-state index in [1.807, 2.05) is 6.92 Å². The van der Waals surface area contributed by atoms with Crippen molar-refractivity contribution in [3.8, 4) is 0 Å². The summed E-state index contributed by atoms with van der Waals surface area (Å²) in [4.78, 5) is 14.1. The maximum Gasteiger partial charge on any atom is 0.310 e. The van der Waals surface area contributed by atoms with Gasteiger partial charge in [0, 0.05) is 13.1 Å². The second-order valence-electron chi connectivity index (χ2n) is 4.77. The normalized spacial score (nSPS) is 20.8. The Bertz CT molecular complexity index is 364. The van der Waals surface area contributed by atoms with Crippen LogP contribution in [0.15, 0.2) is 16.8 Å². The number of carbonyl (C=O) groups excluding carboxylic acids is 1. The molecule has 2 rings (SSSR count). The molecule has 1 aromatic heterocycles. The van der Waals surface area contributed by atoms with E-state index in [0.717, 1.165) is 38.9 Å². The van der Waals surface area contributed by atoms with Gasteiger partial charge in [-0.05, 0) is 55.1 Å². The van der Waals surface area contributed by atoms with E-state index < -0.39 is 0 Å². The predicted molar refractivity (Wildman–Crippen MR) is 73.8 cm³/mol. The van der Waals surface area contributed by atoms with E-state index in [-0.39, 0.29) is 11.9 Å². The first kappa shape index (κ1) is 13.6. The lowest BCUT2D eigenvalue weighted by Gasteiger charge is -2.31. The number of ether oxygens (including phenoxy) is 1. The van der Waals surface area contributed by atoms with Crippen LogP contribution >= 0.6 is 11.3 Å². The molecule has 0 amide bonds. The highest BCUT2D eigenvalue weighted by Crippen LogP contribution is 2.18. The van der Waals surface area contributed by atoms with E-state index in [4.69, 9.17) is 4.74 Å². The molecule has 0 bridgehead atoms. The maximum absolute atomic E-state index is 11.7. The van der Waals surface area contributed by atoms with Gasteiger partial charge in [0.2, 0.25) is 0 Å². The molecule has 0 spiro atoms. The highest BCUT2D eigenvalue weighted by molar-refractivity contribution is 7.07. The Labute approximate surface area is 113 Å². The first-order valence-electron chi connectivity index (χ1n) is 6.69. The first-order valence-corrected chi connectivity index (χ1v) is 7.64. The zero-order valence-electron chi connectivity index (χ0n) is 10.9. The van der Waals surface area contributed by atoms with Gasteiger partial charge in [-0.1, -0.05) is 0 Å². The van der Waals surface area contributed by atoms with E-state index >= 15 is 0 Å². The molecule has 0 N–H and O–H groups in total. The predicted octanol–water partition coefficient (Wildman–Crippen LogP) is 2.57. The number of esters is 1. The van der Waals surface area contributed by atoms with Gasteiger partial charge >= 0.3 is 5.97 Å². The van der Waals surface area contributed by atoms with Gasteiger partial charge in [-0.3, -0.25) is 4.79 Å². The van der Waals surface area contributed by atoms with Crippen molar-refractivity contribution >= 4 is 17.3 Å². The van der Waals surface area contributed by atoms with Gasteiger partial charge < -0.3 is 9.64 Å². The van der Waals surface area contributed by atoms with Crippen molar-refractivity contribution in [2.24, 2.45) is 5.92 Å². The van der Waals surface area contributed by atoms with Crippen LogP contribution in [-0.4, -0.2) is 37.1 Å². The highest BCUT2D eigenvalue weighted by atomic mass is 32.1. The van der Waals surface area contributed by atoms with Crippen molar-refractivity contribution in [2.75, 3.05) is 26.2 Å². The van der Waals surface area contributed by atoms with Crippen LogP contribution in [0.3, 0.4) is 0 Å². The van der Waals surface area contributed by atoms with Crippen LogP contribution in [0.5, 0.6) is 0 Å². The molecule has 1 aromatic rings. The van der Waals surface area contributed by atoms with Gasteiger partial charge in [-0.25, -0.2) is 0 Å². The lowest BCUT2D eigenvalue weighted by atomic mass is 9.98. The minimum absolute atomic E-state index is 0.0160. The van der Waals surface area contributed by atoms with Gasteiger partial charge in [0.05, 0.1) is 12.5 Å². The van der Waals surface area contributed by atoms with Crippen LogP contribution in [0.4, 0.5) is 0 Å². The number of piperidine rings is 1. The molecule has 4 heteroatoms. The maximum atomic E-state index is 11.7. The van der Waals surface area contributed by atoms with Crippen molar-refractivity contribution in [1.29, 1.82) is 0 Å². The van der Waals surface area contributed by atoms with Gasteiger partial charge in [0.25, 0.3) is 0 Å². The second-order valence-corrected chi connectivity index (χ2v) is 5.55. The fourth-order valence-electron chi connectivity index (χ4n) is 2.43. The molecule has 1 saturated heterocycles. The molecular weight excluding hydrogens is 246 g/mol. The topological polar surface area (TPSA) is 29.5 Å². The number of likely N-dealkylation sites (tertiary alicyclic amines) is 1. The highest BCUT2D eigenvalue weighted by Gasteiger charge is 2.26. The lowest BCUT2D eigenvalue weighted by Crippen LogP contribution is -2.40. The van der Waals surface area contributed by atoms with Crippen LogP contribution in [-0.2, 0) is 16.0 Å². The molecule has 1 fully saturated rings. The molecule has 1 aliphatic rings. The summed E-state index contributed by atoms with van der Waals surface area (Å²) in [6, 6.07) is 2.18. The van der Waals surface area contributed by atoms with Gasteiger partial charge in [-0.2, -0.15) is 11.3 Å². The molecule has 0 aromatic carbocycles. The zero-order chi connectivity index (χ0) is 12.8. The fraction of sp³-hybridized carbons (Fsp3) is 0.643. The molecule has 0 unspecified atom stereocenters. The number of nitrogens with zero attached hydrogens (tertiary/aromatic N) is 1. The van der Waals surface area contributed by atoms with E-state index in [2.05, 4.69) is 21.7 Å². The van der Waals surface area contributed by atoms with E-state index in [1.54, 1.807) is 11.3 Å². The molecule has 0 radical (unpaired) electrons. The number of rotatable bonds is 5. The standard InChI is InChI=1S/C14H21NO2S/c1-2-17-14(16)13-4-3-7-15(10-13)8-5-12-6-9-18-11-12/h6,9,11,13H,2-5,7-8,10H2,1H3/t13-/m0/s1. The number of thiophene rings is 1. The van der Waals surface area contributed by atoms with E-state index in [9.17, 15) is 4.79 Å². The SMILES string of the molecule is CCOC(=O)[C@H]1CCCN(CCc2ccsc2)C1. The molecule has 18 heavy (non-hydrogen) atoms. The Morgan fingerprint density at radius 1 is 1.61 bits per heavy atom. The first-order chi connectivity index (χ1) is 8.79. The monoisotopic (exact) mass is 267 g/mol. The summed E-state index contributed by atoms with van der Waals surface area (Å²) in [6.45, 7) is 5.38. The van der Waals surface area contributed by atoms with E-state index in [1.165, 1.54) is 5.56 Å². The lowest BCUT2D eigenvalue weighted by molar-refractivity contribution is -0.149. The summed E-state index contributed by atoms with van der Waals surface area (Å²) in [7, 11) is 0. The number of carbonyl (C=O) groups is 1. The summed E-state index contributed by atoms with van der Waals surface area (Å²) >= 11 is 1.75. The second kappa shape index (κ2) is 6.90. The fourth-order valence-corrected chi connectivity index (χ4v) is 3.14. The Morgan fingerprint density at radius 2 is 2.50 bits per heavy atom. The zero-order valence-corrected chi connectivity index (χ0v) is 11.7. The summed E-state index contributed by atoms with van der Waals surface area (Å²) in [5.74, 6) is 0.0684. The Kier molecular flexibility index (Phi) is 5.20. The third kappa shape index (κ3) is 3.82. The summed E-state index contributed by atoms with van der Waals surface area (Å²) in [5.41, 5.74) is 1.40. The average molecular weight is 267 g/mol. The van der Waals surface area contributed by atoms with Crippen LogP contribution in [0.1, 0.15) is 25.3 Å². The van der Waals surface area contributed by atoms with Crippen LogP contribution in [0, 0.1) is 5.92 Å². The summed E-state index contributed by atoms with van der Waals surface area (Å²) < 4.78 is 5.12. The minimum atomic E-state index is -0.0160. The quantitative estimate of drug-likeness (QED) is 0.768. The molecule has 3 nitrogen and oxygen atoms in total. The molecule has 1 atom stereocenters. The van der Waals surface area contributed by atoms with E-state index in [0.29, 0.717) is 6.61 Å². The Morgan fingerprint density at radius 3 is 3.22 bits per heavy atom. The van der Waals surface area contributed by atoms with Crippen molar-refractivity contribution in [1.82, 2.24) is 4.90 Å².